The van der Waals surface area contributed by atoms with Crippen molar-refractivity contribution in [1.82, 2.24) is 0 Å². The van der Waals surface area contributed by atoms with Gasteiger partial charge in [-0.15, -0.1) is 0 Å². The van der Waals surface area contributed by atoms with Crippen LogP contribution in [0.15, 0.2) is 0 Å². The highest BCUT2D eigenvalue weighted by atomic mass is 31.2. The van der Waals surface area contributed by atoms with Gasteiger partial charge in [-0.25, -0.2) is 9.13 Å². The van der Waals surface area contributed by atoms with Crippen LogP contribution in [0.1, 0.15) is 266 Å². The van der Waals surface area contributed by atoms with E-state index in [1.807, 2.05) is 0 Å². The van der Waals surface area contributed by atoms with Crippen molar-refractivity contribution in [2.24, 2.45) is 5.92 Å². The van der Waals surface area contributed by atoms with Gasteiger partial charge in [0.15, 0.2) is 12.2 Å². The first kappa shape index (κ1) is 72.1. The predicted molar refractivity (Wildman–Crippen MR) is 289 cm³/mol. The molecule has 17 nitrogen and oxygen atoms in total. The van der Waals surface area contributed by atoms with E-state index in [4.69, 9.17) is 37.0 Å². The fourth-order valence-corrected chi connectivity index (χ4v) is 9.57. The highest BCUT2D eigenvalue weighted by molar-refractivity contribution is 7.47. The van der Waals surface area contributed by atoms with Gasteiger partial charge in [0, 0.05) is 25.7 Å². The number of unbranched alkanes of at least 4 members (excludes halogenated alkanes) is 27. The van der Waals surface area contributed by atoms with Gasteiger partial charge in [0.05, 0.1) is 26.4 Å². The highest BCUT2D eigenvalue weighted by Crippen LogP contribution is 2.45. The largest absolute Gasteiger partial charge is 0.472 e. The lowest BCUT2D eigenvalue weighted by Crippen LogP contribution is -2.30. The van der Waals surface area contributed by atoms with Crippen LogP contribution >= 0.6 is 15.6 Å². The van der Waals surface area contributed by atoms with Crippen LogP contribution < -0.4 is 0 Å². The number of carbonyl (C=O) groups is 4. The second kappa shape index (κ2) is 49.4. The maximum Gasteiger partial charge on any atom is 0.472 e. The molecule has 0 amide bonds. The first-order chi connectivity index (χ1) is 35.5. The maximum atomic E-state index is 12.9. The molecule has 2 unspecified atom stereocenters. The Bertz CT molecular complexity index is 1470. The number of carbonyl (C=O) groups excluding carboxylic acids is 4. The molecule has 0 saturated heterocycles. The number of esters is 4. The minimum Gasteiger partial charge on any atom is -0.462 e. The molecule has 0 bridgehead atoms. The molecule has 0 aromatic heterocycles. The highest BCUT2D eigenvalue weighted by Gasteiger charge is 2.30. The van der Waals surface area contributed by atoms with E-state index in [2.05, 4.69) is 34.6 Å². The summed E-state index contributed by atoms with van der Waals surface area (Å²) in [6, 6.07) is 0. The SMILES string of the molecule is CCCCCCCCCCCCCC(=O)O[C@H](COC(=O)CCCCCCCCC(C)C)COP(=O)(O)OC[C@@H](O)COP(=O)(O)OC[C@@H](COC(=O)CCCCCCC)OC(=O)CCCCCCCCCCC. The second-order valence-electron chi connectivity index (χ2n) is 20.4. The Balaban J connectivity index is 5.18. The molecule has 0 heterocycles. The number of ether oxygens (including phenoxy) is 4. The predicted octanol–water partition coefficient (Wildman–Crippen LogP) is 14.3. The lowest BCUT2D eigenvalue weighted by Gasteiger charge is -2.21. The van der Waals surface area contributed by atoms with Gasteiger partial charge in [-0.05, 0) is 31.6 Å². The van der Waals surface area contributed by atoms with Crippen LogP contribution in [0.2, 0.25) is 0 Å². The van der Waals surface area contributed by atoms with E-state index < -0.39 is 97.5 Å². The molecular formula is C55H106O17P2. The first-order valence-electron chi connectivity index (χ1n) is 29.1. The molecule has 19 heteroatoms. The van der Waals surface area contributed by atoms with Gasteiger partial charge in [0.25, 0.3) is 0 Å². The van der Waals surface area contributed by atoms with Crippen LogP contribution in [0.3, 0.4) is 0 Å². The average Bonchev–Trinajstić information content (AvgIpc) is 3.36. The number of aliphatic hydroxyl groups excluding tert-OH is 1. The summed E-state index contributed by atoms with van der Waals surface area (Å²) in [5.41, 5.74) is 0. The van der Waals surface area contributed by atoms with Gasteiger partial charge < -0.3 is 33.8 Å². The third-order valence-corrected chi connectivity index (χ3v) is 14.4. The zero-order chi connectivity index (χ0) is 55.0. The lowest BCUT2D eigenvalue weighted by atomic mass is 10.0. The Labute approximate surface area is 447 Å². The van der Waals surface area contributed by atoms with Crippen molar-refractivity contribution in [3.63, 3.8) is 0 Å². The Morgan fingerprint density at radius 2 is 0.622 bits per heavy atom. The third-order valence-electron chi connectivity index (χ3n) is 12.5. The average molecular weight is 1100 g/mol. The minimum absolute atomic E-state index is 0.105. The van der Waals surface area contributed by atoms with Crippen LogP contribution in [0.4, 0.5) is 0 Å². The van der Waals surface area contributed by atoms with Gasteiger partial charge >= 0.3 is 39.5 Å². The van der Waals surface area contributed by atoms with E-state index in [0.717, 1.165) is 103 Å². The van der Waals surface area contributed by atoms with E-state index in [9.17, 15) is 43.2 Å². The molecule has 0 aromatic rings. The molecule has 0 aromatic carbocycles. The molecule has 5 atom stereocenters. The molecule has 438 valence electrons. The van der Waals surface area contributed by atoms with Crippen LogP contribution in [0.25, 0.3) is 0 Å². The molecule has 0 aliphatic rings. The number of hydrogen-bond acceptors (Lipinski definition) is 15. The molecule has 0 aliphatic carbocycles. The van der Waals surface area contributed by atoms with Crippen molar-refractivity contribution in [2.75, 3.05) is 39.6 Å². The monoisotopic (exact) mass is 1100 g/mol. The van der Waals surface area contributed by atoms with Crippen molar-refractivity contribution < 1.29 is 80.2 Å². The van der Waals surface area contributed by atoms with Crippen LogP contribution in [0, 0.1) is 5.92 Å². The van der Waals surface area contributed by atoms with Gasteiger partial charge in [-0.1, -0.05) is 214 Å². The number of phosphoric acid groups is 2. The minimum atomic E-state index is -4.93. The second-order valence-corrected chi connectivity index (χ2v) is 23.4. The first-order valence-corrected chi connectivity index (χ1v) is 32.1. The summed E-state index contributed by atoms with van der Waals surface area (Å²) >= 11 is 0. The van der Waals surface area contributed by atoms with Crippen LogP contribution in [-0.4, -0.2) is 96.7 Å². The van der Waals surface area contributed by atoms with E-state index >= 15 is 0 Å². The molecule has 0 aliphatic heterocycles. The number of rotatable bonds is 55. The number of phosphoric ester groups is 2. The molecule has 0 fully saturated rings. The maximum absolute atomic E-state index is 12.9. The van der Waals surface area contributed by atoms with E-state index in [-0.39, 0.29) is 25.7 Å². The van der Waals surface area contributed by atoms with Gasteiger partial charge in [-0.3, -0.25) is 37.3 Å². The lowest BCUT2D eigenvalue weighted by molar-refractivity contribution is -0.161. The van der Waals surface area contributed by atoms with E-state index in [1.165, 1.54) is 77.0 Å². The molecule has 0 rings (SSSR count). The van der Waals surface area contributed by atoms with E-state index in [0.29, 0.717) is 31.6 Å². The molecule has 0 spiro atoms. The van der Waals surface area contributed by atoms with Crippen molar-refractivity contribution in [3.05, 3.63) is 0 Å². The summed E-state index contributed by atoms with van der Waals surface area (Å²) in [4.78, 5) is 71.4. The van der Waals surface area contributed by atoms with Crippen molar-refractivity contribution >= 4 is 39.5 Å². The Morgan fingerprint density at radius 1 is 0.365 bits per heavy atom. The summed E-state index contributed by atoms with van der Waals surface area (Å²) in [6.07, 6.45) is 29.8. The van der Waals surface area contributed by atoms with Gasteiger partial charge in [-0.2, -0.15) is 0 Å². The molecule has 0 saturated carbocycles. The fourth-order valence-electron chi connectivity index (χ4n) is 7.99. The van der Waals surface area contributed by atoms with Crippen LogP contribution in [0.5, 0.6) is 0 Å². The summed E-state index contributed by atoms with van der Waals surface area (Å²) in [5, 5.41) is 10.4. The van der Waals surface area contributed by atoms with Crippen molar-refractivity contribution in [1.29, 1.82) is 0 Å². The third kappa shape index (κ3) is 49.6. The Kier molecular flexibility index (Phi) is 48.1. The van der Waals surface area contributed by atoms with Gasteiger partial charge in [0.2, 0.25) is 0 Å². The molecule has 0 radical (unpaired) electrons. The zero-order valence-electron chi connectivity index (χ0n) is 47.0. The van der Waals surface area contributed by atoms with Gasteiger partial charge in [0.1, 0.15) is 19.3 Å². The topological polar surface area (TPSA) is 237 Å². The quantitative estimate of drug-likeness (QED) is 0.0222. The van der Waals surface area contributed by atoms with Crippen molar-refractivity contribution in [2.45, 2.75) is 284 Å². The zero-order valence-corrected chi connectivity index (χ0v) is 48.7. The Morgan fingerprint density at radius 3 is 0.919 bits per heavy atom. The Hall–Kier alpha value is -1.94. The molecular weight excluding hydrogens is 995 g/mol. The molecule has 3 N–H and O–H groups in total. The number of aliphatic hydroxyl groups is 1. The smallest absolute Gasteiger partial charge is 0.462 e. The standard InChI is InChI=1S/C55H106O17P2/c1-6-9-12-15-17-19-20-22-24-31-36-41-55(60)72-51(45-66-53(58)39-34-29-26-25-28-32-37-48(4)5)47-70-74(63,64)68-43-49(56)42-67-73(61,62)69-46-50(44-65-52(57)38-33-27-14-11-8-3)71-54(59)40-35-30-23-21-18-16-13-10-7-2/h48-51,56H,6-47H2,1-5H3,(H,61,62)(H,63,64)/t49-,50+,51+/m0/s1. The van der Waals surface area contributed by atoms with Crippen LogP contribution in [-0.2, 0) is 65.4 Å². The van der Waals surface area contributed by atoms with E-state index in [1.54, 1.807) is 0 Å². The fraction of sp³-hybridized carbons (Fsp3) is 0.927. The summed E-state index contributed by atoms with van der Waals surface area (Å²) < 4.78 is 67.3. The number of hydrogen-bond donors (Lipinski definition) is 3. The summed E-state index contributed by atoms with van der Waals surface area (Å²) in [6.45, 7) is 6.93. The van der Waals surface area contributed by atoms with Crippen molar-refractivity contribution in [3.8, 4) is 0 Å². The summed E-state index contributed by atoms with van der Waals surface area (Å²) in [7, 11) is -9.86. The molecule has 74 heavy (non-hydrogen) atoms. The summed E-state index contributed by atoms with van der Waals surface area (Å²) in [5.74, 6) is -1.48. The normalized spacial score (nSPS) is 14.5.